The van der Waals surface area contributed by atoms with Crippen LogP contribution in [-0.2, 0) is 13.8 Å². The first-order valence-corrected chi connectivity index (χ1v) is 7.00. The minimum absolute atomic E-state index is 0.0804. The van der Waals surface area contributed by atoms with Crippen LogP contribution in [0, 0.1) is 12.7 Å². The van der Waals surface area contributed by atoms with Crippen molar-refractivity contribution in [3.8, 4) is 0 Å². The van der Waals surface area contributed by atoms with Crippen LogP contribution in [-0.4, -0.2) is 21.0 Å². The largest absolute Gasteiger partial charge is 0.462 e. The summed E-state index contributed by atoms with van der Waals surface area (Å²) in [5.41, 5.74) is -0.466. The molecule has 0 radical (unpaired) electrons. The van der Waals surface area contributed by atoms with E-state index in [-0.39, 0.29) is 17.7 Å². The molecule has 0 saturated carbocycles. The van der Waals surface area contributed by atoms with Gasteiger partial charge in [0.15, 0.2) is 0 Å². The minimum Gasteiger partial charge on any atom is -0.462 e. The number of carbonyl (C=O) groups is 1. The van der Waals surface area contributed by atoms with Gasteiger partial charge in [-0.1, -0.05) is 0 Å². The van der Waals surface area contributed by atoms with Crippen LogP contribution in [0.4, 0.5) is 4.39 Å². The van der Waals surface area contributed by atoms with Crippen molar-refractivity contribution in [1.82, 2.24) is 0 Å². The highest BCUT2D eigenvalue weighted by molar-refractivity contribution is 8.13. The molecule has 0 aliphatic heterocycles. The number of hydrogen-bond donors (Lipinski definition) is 0. The van der Waals surface area contributed by atoms with Crippen LogP contribution in [0.3, 0.4) is 0 Å². The van der Waals surface area contributed by atoms with E-state index in [4.69, 9.17) is 10.7 Å². The van der Waals surface area contributed by atoms with E-state index < -0.39 is 25.7 Å². The molecule has 0 aromatic heterocycles. The van der Waals surface area contributed by atoms with Gasteiger partial charge in [0.05, 0.1) is 12.2 Å². The van der Waals surface area contributed by atoms with E-state index in [1.54, 1.807) is 6.92 Å². The first-order chi connectivity index (χ1) is 7.79. The molecule has 94 valence electrons. The molecule has 0 spiro atoms. The van der Waals surface area contributed by atoms with Gasteiger partial charge < -0.3 is 4.74 Å². The number of halogens is 2. The second-order valence-electron chi connectivity index (χ2n) is 3.21. The van der Waals surface area contributed by atoms with Gasteiger partial charge in [-0.25, -0.2) is 17.6 Å². The molecule has 0 aliphatic carbocycles. The molecule has 7 heteroatoms. The van der Waals surface area contributed by atoms with E-state index in [0.29, 0.717) is 0 Å². The summed E-state index contributed by atoms with van der Waals surface area (Å²) in [7, 11) is 0.964. The van der Waals surface area contributed by atoms with Gasteiger partial charge in [0.25, 0.3) is 9.05 Å². The number of hydrogen-bond acceptors (Lipinski definition) is 4. The van der Waals surface area contributed by atoms with E-state index in [2.05, 4.69) is 4.74 Å². The Hall–Kier alpha value is -1.14. The molecule has 0 fully saturated rings. The van der Waals surface area contributed by atoms with E-state index in [1.807, 2.05) is 0 Å². The standard InChI is InChI=1S/C10H10ClFO4S/c1-3-16-10(13)7-4-5-8(12)6(2)9(7)17(11,14)15/h4-5H,3H2,1-2H3. The summed E-state index contributed by atoms with van der Waals surface area (Å²) in [5, 5.41) is 0. The first-order valence-electron chi connectivity index (χ1n) is 4.70. The molecule has 0 amide bonds. The van der Waals surface area contributed by atoms with E-state index in [0.717, 1.165) is 12.1 Å². The molecule has 0 heterocycles. The van der Waals surface area contributed by atoms with Crippen LogP contribution in [0.25, 0.3) is 0 Å². The topological polar surface area (TPSA) is 60.4 Å². The van der Waals surface area contributed by atoms with Crippen LogP contribution in [0.15, 0.2) is 17.0 Å². The molecule has 1 aromatic rings. The zero-order valence-electron chi connectivity index (χ0n) is 9.16. The fraction of sp³-hybridized carbons (Fsp3) is 0.300. The molecule has 0 saturated heterocycles. The van der Waals surface area contributed by atoms with Gasteiger partial charge in [0, 0.05) is 16.2 Å². The Labute approximate surface area is 103 Å². The average molecular weight is 281 g/mol. The maximum atomic E-state index is 13.3. The van der Waals surface area contributed by atoms with Crippen LogP contribution in [0.1, 0.15) is 22.8 Å². The minimum atomic E-state index is -4.22. The zero-order valence-corrected chi connectivity index (χ0v) is 10.7. The van der Waals surface area contributed by atoms with Gasteiger partial charge in [-0.15, -0.1) is 0 Å². The predicted molar refractivity (Wildman–Crippen MR) is 60.1 cm³/mol. The van der Waals surface area contributed by atoms with E-state index in [1.165, 1.54) is 6.92 Å². The molecule has 1 rings (SSSR count). The third-order valence-electron chi connectivity index (χ3n) is 2.08. The SMILES string of the molecule is CCOC(=O)c1ccc(F)c(C)c1S(=O)(=O)Cl. The molecule has 4 nitrogen and oxygen atoms in total. The molecule has 0 unspecified atom stereocenters. The van der Waals surface area contributed by atoms with Crippen molar-refractivity contribution in [3.05, 3.63) is 29.1 Å². The Kier molecular flexibility index (Phi) is 4.11. The van der Waals surface area contributed by atoms with Crippen molar-refractivity contribution in [1.29, 1.82) is 0 Å². The van der Waals surface area contributed by atoms with Gasteiger partial charge >= 0.3 is 5.97 Å². The fourth-order valence-corrected chi connectivity index (χ4v) is 2.83. The highest BCUT2D eigenvalue weighted by Crippen LogP contribution is 2.26. The highest BCUT2D eigenvalue weighted by Gasteiger charge is 2.25. The van der Waals surface area contributed by atoms with Crippen molar-refractivity contribution in [2.45, 2.75) is 18.7 Å². The molecule has 17 heavy (non-hydrogen) atoms. The lowest BCUT2D eigenvalue weighted by Gasteiger charge is -2.09. The normalized spacial score (nSPS) is 11.3. The molecule has 0 N–H and O–H groups in total. The van der Waals surface area contributed by atoms with Crippen LogP contribution in [0.2, 0.25) is 0 Å². The van der Waals surface area contributed by atoms with Gasteiger partial charge in [-0.2, -0.15) is 0 Å². The lowest BCUT2D eigenvalue weighted by molar-refractivity contribution is 0.0521. The Morgan fingerprint density at radius 3 is 2.53 bits per heavy atom. The van der Waals surface area contributed by atoms with Gasteiger partial charge in [-0.3, -0.25) is 0 Å². The summed E-state index contributed by atoms with van der Waals surface area (Å²) in [5.74, 6) is -1.60. The Bertz CT molecular complexity index is 554. The molecular weight excluding hydrogens is 271 g/mol. The summed E-state index contributed by atoms with van der Waals surface area (Å²) in [6.45, 7) is 2.88. The quantitative estimate of drug-likeness (QED) is 0.629. The molecule has 0 atom stereocenters. The molecule has 0 aliphatic rings. The van der Waals surface area contributed by atoms with Crippen molar-refractivity contribution in [2.24, 2.45) is 0 Å². The third-order valence-corrected chi connectivity index (χ3v) is 3.56. The van der Waals surface area contributed by atoms with Gasteiger partial charge in [0.1, 0.15) is 10.7 Å². The molecule has 1 aromatic carbocycles. The maximum absolute atomic E-state index is 13.3. The summed E-state index contributed by atoms with van der Waals surface area (Å²) in [6, 6.07) is 2.03. The summed E-state index contributed by atoms with van der Waals surface area (Å²) in [6.07, 6.45) is 0. The van der Waals surface area contributed by atoms with Crippen molar-refractivity contribution < 1.29 is 22.3 Å². The van der Waals surface area contributed by atoms with Crippen LogP contribution >= 0.6 is 10.7 Å². The maximum Gasteiger partial charge on any atom is 0.339 e. The highest BCUT2D eigenvalue weighted by atomic mass is 35.7. The van der Waals surface area contributed by atoms with Crippen molar-refractivity contribution in [2.75, 3.05) is 6.61 Å². The lowest BCUT2D eigenvalue weighted by Crippen LogP contribution is -2.11. The predicted octanol–water partition coefficient (Wildman–Crippen LogP) is 2.24. The van der Waals surface area contributed by atoms with Gasteiger partial charge in [-0.05, 0) is 26.0 Å². The Balaban J connectivity index is 3.52. The summed E-state index contributed by atoms with van der Waals surface area (Å²) in [4.78, 5) is 11.0. The molecular formula is C10H10ClFO4S. The van der Waals surface area contributed by atoms with E-state index in [9.17, 15) is 17.6 Å². The fourth-order valence-electron chi connectivity index (χ4n) is 1.35. The third kappa shape index (κ3) is 2.95. The number of benzene rings is 1. The van der Waals surface area contributed by atoms with Crippen LogP contribution < -0.4 is 0 Å². The number of rotatable bonds is 3. The average Bonchev–Trinajstić information content (AvgIpc) is 2.20. The number of esters is 1. The van der Waals surface area contributed by atoms with Crippen LogP contribution in [0.5, 0.6) is 0 Å². The van der Waals surface area contributed by atoms with Crippen molar-refractivity contribution >= 4 is 25.7 Å². The number of carbonyl (C=O) groups excluding carboxylic acids is 1. The second-order valence-corrected chi connectivity index (χ2v) is 5.71. The monoisotopic (exact) mass is 280 g/mol. The number of ether oxygens (including phenoxy) is 1. The Morgan fingerprint density at radius 2 is 2.06 bits per heavy atom. The zero-order chi connectivity index (χ0) is 13.2. The summed E-state index contributed by atoms with van der Waals surface area (Å²) >= 11 is 0. The molecule has 0 bridgehead atoms. The van der Waals surface area contributed by atoms with E-state index >= 15 is 0 Å². The smallest absolute Gasteiger partial charge is 0.339 e. The summed E-state index contributed by atoms with van der Waals surface area (Å²) < 4.78 is 40.6. The second kappa shape index (κ2) is 5.01. The van der Waals surface area contributed by atoms with Gasteiger partial charge in [0.2, 0.25) is 0 Å². The van der Waals surface area contributed by atoms with Crippen molar-refractivity contribution in [3.63, 3.8) is 0 Å². The lowest BCUT2D eigenvalue weighted by atomic mass is 10.1. The first kappa shape index (κ1) is 13.9. The Morgan fingerprint density at radius 1 is 1.47 bits per heavy atom.